The number of nitro benzene ring substituents is 1. The lowest BCUT2D eigenvalue weighted by atomic mass is 10.1. The zero-order valence-electron chi connectivity index (χ0n) is 9.65. The molecule has 5 heteroatoms. The van der Waals surface area contributed by atoms with Crippen molar-refractivity contribution in [2.24, 2.45) is 5.92 Å². The van der Waals surface area contributed by atoms with Crippen LogP contribution in [0.25, 0.3) is 0 Å². The SMILES string of the molecule is CC1CCCC1Nc1cc([N+](=O)[O-])ccc1Br. The highest BCUT2D eigenvalue weighted by Crippen LogP contribution is 2.32. The normalized spacial score (nSPS) is 23.6. The number of benzene rings is 1. The molecule has 92 valence electrons. The van der Waals surface area contributed by atoms with Crippen LogP contribution in [0.3, 0.4) is 0 Å². The molecule has 1 aliphatic carbocycles. The van der Waals surface area contributed by atoms with Crippen LogP contribution in [0.5, 0.6) is 0 Å². The summed E-state index contributed by atoms with van der Waals surface area (Å²) in [5.41, 5.74) is 0.944. The molecule has 2 rings (SSSR count). The van der Waals surface area contributed by atoms with E-state index in [2.05, 4.69) is 28.2 Å². The van der Waals surface area contributed by atoms with Gasteiger partial charge in [-0.05, 0) is 40.8 Å². The van der Waals surface area contributed by atoms with Gasteiger partial charge < -0.3 is 5.32 Å². The number of non-ortho nitro benzene ring substituents is 1. The molecular weight excluding hydrogens is 284 g/mol. The van der Waals surface area contributed by atoms with Crippen molar-refractivity contribution in [1.29, 1.82) is 0 Å². The van der Waals surface area contributed by atoms with E-state index in [1.54, 1.807) is 12.1 Å². The van der Waals surface area contributed by atoms with Crippen LogP contribution >= 0.6 is 15.9 Å². The van der Waals surface area contributed by atoms with E-state index < -0.39 is 0 Å². The highest BCUT2D eigenvalue weighted by molar-refractivity contribution is 9.10. The zero-order valence-corrected chi connectivity index (χ0v) is 11.2. The van der Waals surface area contributed by atoms with Crippen LogP contribution in [0, 0.1) is 16.0 Å². The van der Waals surface area contributed by atoms with Gasteiger partial charge in [-0.15, -0.1) is 0 Å². The summed E-state index contributed by atoms with van der Waals surface area (Å²) >= 11 is 3.42. The maximum atomic E-state index is 10.7. The zero-order chi connectivity index (χ0) is 12.4. The highest BCUT2D eigenvalue weighted by Gasteiger charge is 2.24. The van der Waals surface area contributed by atoms with Crippen molar-refractivity contribution in [1.82, 2.24) is 0 Å². The number of anilines is 1. The van der Waals surface area contributed by atoms with Crippen LogP contribution in [-0.2, 0) is 0 Å². The first-order chi connectivity index (χ1) is 8.08. The fraction of sp³-hybridized carbons (Fsp3) is 0.500. The molecule has 1 fully saturated rings. The lowest BCUT2D eigenvalue weighted by molar-refractivity contribution is -0.384. The highest BCUT2D eigenvalue weighted by atomic mass is 79.9. The quantitative estimate of drug-likeness (QED) is 0.679. The molecule has 0 bridgehead atoms. The number of nitrogens with one attached hydrogen (secondary N) is 1. The minimum Gasteiger partial charge on any atom is -0.381 e. The molecule has 0 aromatic heterocycles. The van der Waals surface area contributed by atoms with Crippen LogP contribution < -0.4 is 5.32 Å². The molecule has 1 saturated carbocycles. The Kier molecular flexibility index (Phi) is 3.66. The largest absolute Gasteiger partial charge is 0.381 e. The van der Waals surface area contributed by atoms with Gasteiger partial charge in [0.15, 0.2) is 0 Å². The Labute approximate surface area is 109 Å². The molecule has 1 aliphatic rings. The molecule has 0 amide bonds. The maximum absolute atomic E-state index is 10.7. The summed E-state index contributed by atoms with van der Waals surface area (Å²) in [5, 5.41) is 14.1. The van der Waals surface area contributed by atoms with Gasteiger partial charge in [-0.25, -0.2) is 0 Å². The number of halogens is 1. The van der Waals surface area contributed by atoms with Crippen LogP contribution in [0.1, 0.15) is 26.2 Å². The monoisotopic (exact) mass is 298 g/mol. The van der Waals surface area contributed by atoms with E-state index in [1.807, 2.05) is 0 Å². The average molecular weight is 299 g/mol. The topological polar surface area (TPSA) is 55.2 Å². The predicted octanol–water partition coefficient (Wildman–Crippen LogP) is 3.96. The second-order valence-corrected chi connectivity index (χ2v) is 5.43. The van der Waals surface area contributed by atoms with Crippen LogP contribution in [-0.4, -0.2) is 11.0 Å². The van der Waals surface area contributed by atoms with Gasteiger partial charge in [0, 0.05) is 22.6 Å². The van der Waals surface area contributed by atoms with E-state index in [-0.39, 0.29) is 10.6 Å². The summed E-state index contributed by atoms with van der Waals surface area (Å²) in [7, 11) is 0. The van der Waals surface area contributed by atoms with Crippen molar-refractivity contribution in [3.63, 3.8) is 0 Å². The minimum absolute atomic E-state index is 0.126. The molecule has 2 atom stereocenters. The molecule has 2 unspecified atom stereocenters. The molecule has 0 spiro atoms. The number of hydrogen-bond donors (Lipinski definition) is 1. The smallest absolute Gasteiger partial charge is 0.271 e. The van der Waals surface area contributed by atoms with E-state index in [4.69, 9.17) is 0 Å². The van der Waals surface area contributed by atoms with Gasteiger partial charge in [0.05, 0.1) is 10.6 Å². The Morgan fingerprint density at radius 1 is 1.47 bits per heavy atom. The molecule has 1 aromatic rings. The standard InChI is InChI=1S/C12H15BrN2O2/c1-8-3-2-4-11(8)14-12-7-9(15(16)17)5-6-10(12)13/h5-8,11,14H,2-4H2,1H3. The van der Waals surface area contributed by atoms with Crippen molar-refractivity contribution >= 4 is 27.3 Å². The molecule has 1 aromatic carbocycles. The predicted molar refractivity (Wildman–Crippen MR) is 71.2 cm³/mol. The van der Waals surface area contributed by atoms with E-state index in [0.29, 0.717) is 12.0 Å². The van der Waals surface area contributed by atoms with Crippen LogP contribution in [0.15, 0.2) is 22.7 Å². The molecule has 0 aliphatic heterocycles. The summed E-state index contributed by atoms with van der Waals surface area (Å²) in [6.45, 7) is 2.22. The lowest BCUT2D eigenvalue weighted by Crippen LogP contribution is -2.22. The fourth-order valence-corrected chi connectivity index (χ4v) is 2.66. The van der Waals surface area contributed by atoms with Crippen LogP contribution in [0.2, 0.25) is 0 Å². The Hall–Kier alpha value is -1.10. The summed E-state index contributed by atoms with van der Waals surface area (Å²) in [6.07, 6.45) is 3.59. The Bertz CT molecular complexity index is 437. The fourth-order valence-electron chi connectivity index (χ4n) is 2.30. The Morgan fingerprint density at radius 3 is 2.82 bits per heavy atom. The van der Waals surface area contributed by atoms with Crippen molar-refractivity contribution in [2.45, 2.75) is 32.2 Å². The number of nitro groups is 1. The Morgan fingerprint density at radius 2 is 2.24 bits per heavy atom. The molecule has 1 N–H and O–H groups in total. The minimum atomic E-state index is -0.365. The summed E-state index contributed by atoms with van der Waals surface area (Å²) in [6, 6.07) is 5.25. The first-order valence-corrected chi connectivity index (χ1v) is 6.57. The summed E-state index contributed by atoms with van der Waals surface area (Å²) < 4.78 is 0.877. The van der Waals surface area contributed by atoms with E-state index in [0.717, 1.165) is 16.6 Å². The first kappa shape index (κ1) is 12.4. The third-order valence-electron chi connectivity index (χ3n) is 3.36. The maximum Gasteiger partial charge on any atom is 0.271 e. The molecule has 0 saturated heterocycles. The van der Waals surface area contributed by atoms with Crippen LogP contribution in [0.4, 0.5) is 11.4 Å². The third kappa shape index (κ3) is 2.77. The van der Waals surface area contributed by atoms with Crippen molar-refractivity contribution in [3.05, 3.63) is 32.8 Å². The number of hydrogen-bond acceptors (Lipinski definition) is 3. The van der Waals surface area contributed by atoms with Gasteiger partial charge in [0.25, 0.3) is 5.69 Å². The second kappa shape index (κ2) is 5.04. The van der Waals surface area contributed by atoms with Crippen molar-refractivity contribution in [3.8, 4) is 0 Å². The lowest BCUT2D eigenvalue weighted by Gasteiger charge is -2.19. The van der Waals surface area contributed by atoms with Gasteiger partial charge >= 0.3 is 0 Å². The summed E-state index contributed by atoms with van der Waals surface area (Å²) in [4.78, 5) is 10.4. The number of rotatable bonds is 3. The van der Waals surface area contributed by atoms with E-state index >= 15 is 0 Å². The molecule has 0 heterocycles. The second-order valence-electron chi connectivity index (χ2n) is 4.58. The van der Waals surface area contributed by atoms with Gasteiger partial charge in [0.2, 0.25) is 0 Å². The third-order valence-corrected chi connectivity index (χ3v) is 4.05. The van der Waals surface area contributed by atoms with Gasteiger partial charge in [-0.3, -0.25) is 10.1 Å². The Balaban J connectivity index is 2.19. The summed E-state index contributed by atoms with van der Waals surface area (Å²) in [5.74, 6) is 0.626. The van der Waals surface area contributed by atoms with Gasteiger partial charge in [0.1, 0.15) is 0 Å². The molecular formula is C12H15BrN2O2. The van der Waals surface area contributed by atoms with Gasteiger partial charge in [-0.1, -0.05) is 13.3 Å². The molecule has 0 radical (unpaired) electrons. The number of nitrogens with zero attached hydrogens (tertiary/aromatic N) is 1. The van der Waals surface area contributed by atoms with Crippen molar-refractivity contribution in [2.75, 3.05) is 5.32 Å². The first-order valence-electron chi connectivity index (χ1n) is 5.78. The van der Waals surface area contributed by atoms with Gasteiger partial charge in [-0.2, -0.15) is 0 Å². The molecule has 17 heavy (non-hydrogen) atoms. The average Bonchev–Trinajstić information content (AvgIpc) is 2.67. The van der Waals surface area contributed by atoms with E-state index in [9.17, 15) is 10.1 Å². The van der Waals surface area contributed by atoms with Crippen molar-refractivity contribution < 1.29 is 4.92 Å². The molecule has 4 nitrogen and oxygen atoms in total. The van der Waals surface area contributed by atoms with E-state index in [1.165, 1.54) is 18.9 Å².